The maximum absolute atomic E-state index is 5.62. The van der Waals surface area contributed by atoms with Gasteiger partial charge in [-0.25, -0.2) is 5.43 Å². The second-order valence-electron chi connectivity index (χ2n) is 3.70. The summed E-state index contributed by atoms with van der Waals surface area (Å²) in [6, 6.07) is 4.32. The zero-order chi connectivity index (χ0) is 11.5. The van der Waals surface area contributed by atoms with Crippen LogP contribution in [0.15, 0.2) is 24.5 Å². The molecular formula is C11H16N4S. The molecule has 1 atom stereocenters. The Labute approximate surface area is 99.1 Å². The number of rotatable bonds is 4. The van der Waals surface area contributed by atoms with Gasteiger partial charge in [0.15, 0.2) is 0 Å². The van der Waals surface area contributed by atoms with Gasteiger partial charge in [0.2, 0.25) is 0 Å². The number of nitrogens with two attached hydrogens (primary N) is 1. The van der Waals surface area contributed by atoms with E-state index in [4.69, 9.17) is 5.84 Å². The Morgan fingerprint density at radius 2 is 2.38 bits per heavy atom. The summed E-state index contributed by atoms with van der Waals surface area (Å²) in [5.74, 6) is 5.62. The lowest BCUT2D eigenvalue weighted by atomic mass is 10.1. The third kappa shape index (κ3) is 2.16. The van der Waals surface area contributed by atoms with Crippen LogP contribution in [0.25, 0.3) is 0 Å². The normalized spacial score (nSPS) is 12.9. The minimum absolute atomic E-state index is 0.0407. The van der Waals surface area contributed by atoms with Crippen LogP contribution >= 0.6 is 11.3 Å². The Kier molecular flexibility index (Phi) is 3.38. The number of nitrogens with one attached hydrogen (secondary N) is 1. The van der Waals surface area contributed by atoms with Crippen LogP contribution in [0.3, 0.4) is 0 Å². The summed E-state index contributed by atoms with van der Waals surface area (Å²) in [6.07, 6.45) is 4.89. The molecule has 0 aliphatic heterocycles. The van der Waals surface area contributed by atoms with Crippen molar-refractivity contribution in [2.75, 3.05) is 0 Å². The summed E-state index contributed by atoms with van der Waals surface area (Å²) in [7, 11) is 1.91. The summed E-state index contributed by atoms with van der Waals surface area (Å²) in [5.41, 5.74) is 3.93. The molecule has 2 heterocycles. The largest absolute Gasteiger partial charge is 0.275 e. The standard InChI is InChI=1S/C11H16N4S/c1-3-9-4-5-10(16-9)11(14-12)8-6-13-15(2)7-8/h4-7,11,14H,3,12H2,1-2H3. The number of hydrogen-bond acceptors (Lipinski definition) is 4. The molecule has 0 spiro atoms. The van der Waals surface area contributed by atoms with E-state index in [0.29, 0.717) is 0 Å². The SMILES string of the molecule is CCc1ccc(C(NN)c2cnn(C)c2)s1. The Morgan fingerprint density at radius 1 is 1.56 bits per heavy atom. The Bertz CT molecular complexity index is 460. The smallest absolute Gasteiger partial charge is 0.0833 e. The first-order valence-corrected chi connectivity index (χ1v) is 6.09. The van der Waals surface area contributed by atoms with Crippen LogP contribution in [0.1, 0.15) is 28.3 Å². The first-order valence-electron chi connectivity index (χ1n) is 5.28. The Hall–Kier alpha value is -1.17. The molecule has 1 unspecified atom stereocenters. The summed E-state index contributed by atoms with van der Waals surface area (Å²) in [6.45, 7) is 2.16. The number of hydrogen-bond donors (Lipinski definition) is 2. The molecule has 0 aliphatic rings. The average Bonchev–Trinajstić information content (AvgIpc) is 2.89. The summed E-state index contributed by atoms with van der Waals surface area (Å²) in [4.78, 5) is 2.60. The first-order chi connectivity index (χ1) is 7.74. The van der Waals surface area contributed by atoms with Gasteiger partial charge in [0.05, 0.1) is 12.2 Å². The van der Waals surface area contributed by atoms with Crippen molar-refractivity contribution in [2.45, 2.75) is 19.4 Å². The van der Waals surface area contributed by atoms with Gasteiger partial charge in [0.25, 0.3) is 0 Å². The number of aromatic nitrogens is 2. The predicted molar refractivity (Wildman–Crippen MR) is 66.1 cm³/mol. The summed E-state index contributed by atoms with van der Waals surface area (Å²) < 4.78 is 1.79. The Balaban J connectivity index is 2.28. The number of thiophene rings is 1. The molecule has 0 bridgehead atoms. The molecule has 2 aromatic heterocycles. The highest BCUT2D eigenvalue weighted by Gasteiger charge is 2.15. The van der Waals surface area contributed by atoms with E-state index >= 15 is 0 Å². The van der Waals surface area contributed by atoms with Crippen molar-refractivity contribution in [1.29, 1.82) is 0 Å². The molecule has 0 amide bonds. The maximum Gasteiger partial charge on any atom is 0.0833 e. The van der Waals surface area contributed by atoms with E-state index in [9.17, 15) is 0 Å². The number of hydrazine groups is 1. The lowest BCUT2D eigenvalue weighted by Gasteiger charge is -2.11. The van der Waals surface area contributed by atoms with Gasteiger partial charge in [-0.05, 0) is 18.6 Å². The van der Waals surface area contributed by atoms with Crippen molar-refractivity contribution in [1.82, 2.24) is 15.2 Å². The molecule has 0 saturated heterocycles. The molecule has 2 rings (SSSR count). The van der Waals surface area contributed by atoms with Gasteiger partial charge in [-0.15, -0.1) is 11.3 Å². The molecule has 86 valence electrons. The zero-order valence-corrected chi connectivity index (χ0v) is 10.3. The summed E-state index contributed by atoms with van der Waals surface area (Å²) >= 11 is 1.79. The summed E-state index contributed by atoms with van der Waals surface area (Å²) in [5, 5.41) is 4.16. The fraction of sp³-hybridized carbons (Fsp3) is 0.364. The highest BCUT2D eigenvalue weighted by Crippen LogP contribution is 2.27. The molecule has 4 nitrogen and oxygen atoms in total. The van der Waals surface area contributed by atoms with E-state index in [1.165, 1.54) is 9.75 Å². The minimum atomic E-state index is 0.0407. The molecule has 0 aromatic carbocycles. The Morgan fingerprint density at radius 3 is 2.88 bits per heavy atom. The number of nitrogens with zero attached hydrogens (tertiary/aromatic N) is 2. The van der Waals surface area contributed by atoms with Gasteiger partial charge in [0, 0.05) is 28.6 Å². The van der Waals surface area contributed by atoms with Crippen LogP contribution in [0.2, 0.25) is 0 Å². The van der Waals surface area contributed by atoms with E-state index < -0.39 is 0 Å². The van der Waals surface area contributed by atoms with Gasteiger partial charge in [-0.2, -0.15) is 5.10 Å². The second kappa shape index (κ2) is 4.78. The van der Waals surface area contributed by atoms with Gasteiger partial charge in [-0.1, -0.05) is 6.92 Å². The monoisotopic (exact) mass is 236 g/mol. The van der Waals surface area contributed by atoms with Gasteiger partial charge in [-0.3, -0.25) is 10.5 Å². The molecule has 0 saturated carbocycles. The van der Waals surface area contributed by atoms with Crippen molar-refractivity contribution in [3.8, 4) is 0 Å². The van der Waals surface area contributed by atoms with Crippen LogP contribution in [0.4, 0.5) is 0 Å². The van der Waals surface area contributed by atoms with E-state index in [1.54, 1.807) is 16.0 Å². The van der Waals surface area contributed by atoms with E-state index in [-0.39, 0.29) is 6.04 Å². The van der Waals surface area contributed by atoms with E-state index in [2.05, 4.69) is 29.6 Å². The van der Waals surface area contributed by atoms with E-state index in [0.717, 1.165) is 12.0 Å². The maximum atomic E-state index is 5.62. The fourth-order valence-electron chi connectivity index (χ4n) is 1.67. The molecule has 0 fully saturated rings. The van der Waals surface area contributed by atoms with Crippen molar-refractivity contribution in [3.63, 3.8) is 0 Å². The second-order valence-corrected chi connectivity index (χ2v) is 4.90. The number of aryl methyl sites for hydroxylation is 2. The molecule has 0 aliphatic carbocycles. The third-order valence-electron chi connectivity index (χ3n) is 2.54. The lowest BCUT2D eigenvalue weighted by molar-refractivity contribution is 0.645. The van der Waals surface area contributed by atoms with Crippen LogP contribution in [-0.2, 0) is 13.5 Å². The van der Waals surface area contributed by atoms with Crippen LogP contribution < -0.4 is 11.3 Å². The van der Waals surface area contributed by atoms with Crippen molar-refractivity contribution in [2.24, 2.45) is 12.9 Å². The van der Waals surface area contributed by atoms with E-state index in [1.807, 2.05) is 19.4 Å². The van der Waals surface area contributed by atoms with Gasteiger partial charge in [0.1, 0.15) is 0 Å². The van der Waals surface area contributed by atoms with Gasteiger partial charge >= 0.3 is 0 Å². The van der Waals surface area contributed by atoms with Crippen LogP contribution in [0, 0.1) is 0 Å². The highest BCUT2D eigenvalue weighted by atomic mass is 32.1. The van der Waals surface area contributed by atoms with Crippen LogP contribution in [0.5, 0.6) is 0 Å². The lowest BCUT2D eigenvalue weighted by Crippen LogP contribution is -2.27. The minimum Gasteiger partial charge on any atom is -0.275 e. The molecule has 5 heteroatoms. The third-order valence-corrected chi connectivity index (χ3v) is 3.83. The predicted octanol–water partition coefficient (Wildman–Crippen LogP) is 1.60. The quantitative estimate of drug-likeness (QED) is 0.626. The van der Waals surface area contributed by atoms with Gasteiger partial charge < -0.3 is 0 Å². The zero-order valence-electron chi connectivity index (χ0n) is 9.47. The van der Waals surface area contributed by atoms with Crippen molar-refractivity contribution < 1.29 is 0 Å². The van der Waals surface area contributed by atoms with Crippen molar-refractivity contribution in [3.05, 3.63) is 39.8 Å². The average molecular weight is 236 g/mol. The molecule has 0 radical (unpaired) electrons. The molecular weight excluding hydrogens is 220 g/mol. The first kappa shape index (κ1) is 11.3. The molecule has 16 heavy (non-hydrogen) atoms. The topological polar surface area (TPSA) is 55.9 Å². The van der Waals surface area contributed by atoms with Crippen LogP contribution in [-0.4, -0.2) is 9.78 Å². The molecule has 2 aromatic rings. The molecule has 3 N–H and O–H groups in total. The highest BCUT2D eigenvalue weighted by molar-refractivity contribution is 7.12. The van der Waals surface area contributed by atoms with Crippen molar-refractivity contribution >= 4 is 11.3 Å². The fourth-order valence-corrected chi connectivity index (χ4v) is 2.71.